The van der Waals surface area contributed by atoms with Crippen molar-refractivity contribution in [2.75, 3.05) is 0 Å². The highest BCUT2D eigenvalue weighted by atomic mass is 16.6. The number of hydrogen-bond donors (Lipinski definition) is 1. The van der Waals surface area contributed by atoms with Gasteiger partial charge in [0.1, 0.15) is 11.6 Å². The van der Waals surface area contributed by atoms with Crippen molar-refractivity contribution in [3.05, 3.63) is 12.2 Å². The van der Waals surface area contributed by atoms with Gasteiger partial charge in [-0.15, -0.1) is 0 Å². The zero-order chi connectivity index (χ0) is 10.8. The molecule has 2 N–H and O–H groups in total. The Morgan fingerprint density at radius 3 is 2.36 bits per heavy atom. The van der Waals surface area contributed by atoms with E-state index < -0.39 is 11.6 Å². The maximum atomic E-state index is 11.6. The number of carbonyl (C=O) groups excluding carboxylic acids is 1. The van der Waals surface area contributed by atoms with Gasteiger partial charge in [-0.3, -0.25) is 4.79 Å². The summed E-state index contributed by atoms with van der Waals surface area (Å²) in [6, 6.07) is -0.482. The summed E-state index contributed by atoms with van der Waals surface area (Å²) in [5.41, 5.74) is 5.37. The van der Waals surface area contributed by atoms with Gasteiger partial charge in [-0.1, -0.05) is 12.2 Å². The van der Waals surface area contributed by atoms with Gasteiger partial charge in [0.2, 0.25) is 0 Å². The normalized spacial score (nSPS) is 19.7. The molecule has 0 heterocycles. The van der Waals surface area contributed by atoms with Crippen LogP contribution in [-0.4, -0.2) is 17.6 Å². The smallest absolute Gasteiger partial charge is 0.323 e. The molecule has 0 amide bonds. The summed E-state index contributed by atoms with van der Waals surface area (Å²) < 4.78 is 5.22. The summed E-state index contributed by atoms with van der Waals surface area (Å²) >= 11 is 0. The van der Waals surface area contributed by atoms with E-state index in [2.05, 4.69) is 12.2 Å². The molecule has 0 radical (unpaired) electrons. The molecule has 0 aromatic carbocycles. The molecule has 0 unspecified atom stereocenters. The first-order chi connectivity index (χ1) is 6.40. The van der Waals surface area contributed by atoms with Gasteiger partial charge >= 0.3 is 5.97 Å². The van der Waals surface area contributed by atoms with E-state index >= 15 is 0 Å². The van der Waals surface area contributed by atoms with Crippen molar-refractivity contribution in [3.63, 3.8) is 0 Å². The minimum atomic E-state index is -0.482. The van der Waals surface area contributed by atoms with E-state index in [1.54, 1.807) is 0 Å². The standard InChI is InChI=1S/C11H19NO2/c1-11(2,3)14-10(13)9(12)8-6-4-5-7-8/h4-5,8-9H,6-7,12H2,1-3H3/t9-/m1/s1. The van der Waals surface area contributed by atoms with Gasteiger partial charge in [-0.25, -0.2) is 0 Å². The fourth-order valence-electron chi connectivity index (χ4n) is 1.49. The van der Waals surface area contributed by atoms with Crippen LogP contribution in [0.4, 0.5) is 0 Å². The molecule has 0 aliphatic heterocycles. The van der Waals surface area contributed by atoms with Crippen LogP contribution in [0.5, 0.6) is 0 Å². The molecule has 1 aliphatic rings. The number of hydrogen-bond acceptors (Lipinski definition) is 3. The predicted molar refractivity (Wildman–Crippen MR) is 55.7 cm³/mol. The second kappa shape index (κ2) is 4.13. The van der Waals surface area contributed by atoms with Crippen LogP contribution in [0.1, 0.15) is 33.6 Å². The van der Waals surface area contributed by atoms with Crippen LogP contribution in [0, 0.1) is 5.92 Å². The lowest BCUT2D eigenvalue weighted by atomic mass is 9.98. The molecule has 0 fully saturated rings. The van der Waals surface area contributed by atoms with E-state index in [0.29, 0.717) is 0 Å². The molecule has 1 rings (SSSR count). The van der Waals surface area contributed by atoms with Gasteiger partial charge in [-0.05, 0) is 39.5 Å². The Hall–Kier alpha value is -0.830. The lowest BCUT2D eigenvalue weighted by Gasteiger charge is -2.24. The molecule has 0 aromatic rings. The van der Waals surface area contributed by atoms with Crippen LogP contribution < -0.4 is 5.73 Å². The highest BCUT2D eigenvalue weighted by Gasteiger charge is 2.29. The lowest BCUT2D eigenvalue weighted by Crippen LogP contribution is -2.41. The molecular weight excluding hydrogens is 178 g/mol. The zero-order valence-electron chi connectivity index (χ0n) is 9.12. The van der Waals surface area contributed by atoms with E-state index in [1.807, 2.05) is 20.8 Å². The molecule has 0 saturated heterocycles. The molecule has 0 aromatic heterocycles. The molecular formula is C11H19NO2. The Kier molecular flexibility index (Phi) is 3.32. The van der Waals surface area contributed by atoms with E-state index in [1.165, 1.54) is 0 Å². The summed E-state index contributed by atoms with van der Waals surface area (Å²) in [5.74, 6) is -0.0592. The summed E-state index contributed by atoms with van der Waals surface area (Å²) in [6.45, 7) is 5.56. The quantitative estimate of drug-likeness (QED) is 0.540. The van der Waals surface area contributed by atoms with Crippen molar-refractivity contribution in [2.45, 2.75) is 45.3 Å². The van der Waals surface area contributed by atoms with Crippen LogP contribution in [0.2, 0.25) is 0 Å². The van der Waals surface area contributed by atoms with E-state index in [4.69, 9.17) is 10.5 Å². The summed E-state index contributed by atoms with van der Waals surface area (Å²) in [6.07, 6.45) is 5.91. The van der Waals surface area contributed by atoms with Crippen molar-refractivity contribution in [1.29, 1.82) is 0 Å². The maximum absolute atomic E-state index is 11.6. The van der Waals surface area contributed by atoms with Gasteiger partial charge in [0, 0.05) is 0 Å². The highest BCUT2D eigenvalue weighted by molar-refractivity contribution is 5.76. The first kappa shape index (κ1) is 11.2. The van der Waals surface area contributed by atoms with Crippen molar-refractivity contribution in [2.24, 2.45) is 11.7 Å². The van der Waals surface area contributed by atoms with Crippen LogP contribution in [-0.2, 0) is 9.53 Å². The third-order valence-electron chi connectivity index (χ3n) is 2.23. The Bertz CT molecular complexity index is 232. The van der Waals surface area contributed by atoms with Crippen molar-refractivity contribution in [1.82, 2.24) is 0 Å². The van der Waals surface area contributed by atoms with E-state index in [-0.39, 0.29) is 11.9 Å². The molecule has 0 spiro atoms. The number of carbonyl (C=O) groups is 1. The van der Waals surface area contributed by atoms with E-state index in [0.717, 1.165) is 12.8 Å². The number of esters is 1. The molecule has 3 heteroatoms. The number of allylic oxidation sites excluding steroid dienone is 2. The van der Waals surface area contributed by atoms with Crippen LogP contribution in [0.3, 0.4) is 0 Å². The van der Waals surface area contributed by atoms with Gasteiger partial charge in [0.05, 0.1) is 0 Å². The molecule has 1 aliphatic carbocycles. The van der Waals surface area contributed by atoms with Crippen molar-refractivity contribution in [3.8, 4) is 0 Å². The average Bonchev–Trinajstić information content (AvgIpc) is 2.51. The fourth-order valence-corrected chi connectivity index (χ4v) is 1.49. The monoisotopic (exact) mass is 197 g/mol. The Balaban J connectivity index is 2.44. The minimum absolute atomic E-state index is 0.227. The van der Waals surface area contributed by atoms with Gasteiger partial charge in [0.15, 0.2) is 0 Å². The van der Waals surface area contributed by atoms with Crippen LogP contribution in [0.15, 0.2) is 12.2 Å². The molecule has 1 atom stereocenters. The average molecular weight is 197 g/mol. The maximum Gasteiger partial charge on any atom is 0.323 e. The Morgan fingerprint density at radius 1 is 1.43 bits per heavy atom. The zero-order valence-corrected chi connectivity index (χ0v) is 9.12. The number of rotatable bonds is 2. The van der Waals surface area contributed by atoms with Gasteiger partial charge in [-0.2, -0.15) is 0 Å². The molecule has 3 nitrogen and oxygen atoms in total. The van der Waals surface area contributed by atoms with Crippen molar-refractivity contribution < 1.29 is 9.53 Å². The van der Waals surface area contributed by atoms with Crippen LogP contribution >= 0.6 is 0 Å². The van der Waals surface area contributed by atoms with Gasteiger partial charge in [0.25, 0.3) is 0 Å². The second-order valence-electron chi connectivity index (χ2n) is 4.76. The SMILES string of the molecule is CC(C)(C)OC(=O)[C@H](N)C1CC=CC1. The molecule has 80 valence electrons. The topological polar surface area (TPSA) is 52.3 Å². The van der Waals surface area contributed by atoms with Gasteiger partial charge < -0.3 is 10.5 Å². The van der Waals surface area contributed by atoms with E-state index in [9.17, 15) is 4.79 Å². The highest BCUT2D eigenvalue weighted by Crippen LogP contribution is 2.22. The Labute approximate surface area is 85.3 Å². The van der Waals surface area contributed by atoms with Crippen LogP contribution in [0.25, 0.3) is 0 Å². The minimum Gasteiger partial charge on any atom is -0.459 e. The largest absolute Gasteiger partial charge is 0.459 e. The summed E-state index contributed by atoms with van der Waals surface area (Å²) in [5, 5.41) is 0. The summed E-state index contributed by atoms with van der Waals surface area (Å²) in [7, 11) is 0. The van der Waals surface area contributed by atoms with Crippen molar-refractivity contribution >= 4 is 5.97 Å². The molecule has 0 bridgehead atoms. The predicted octanol–water partition coefficient (Wildman–Crippen LogP) is 1.62. The molecule has 14 heavy (non-hydrogen) atoms. The summed E-state index contributed by atoms with van der Waals surface area (Å²) in [4.78, 5) is 11.6. The fraction of sp³-hybridized carbons (Fsp3) is 0.727. The second-order valence-corrected chi connectivity index (χ2v) is 4.76. The Morgan fingerprint density at radius 2 is 1.93 bits per heavy atom. The third kappa shape index (κ3) is 3.14. The lowest BCUT2D eigenvalue weighted by molar-refractivity contribution is -0.157. The number of nitrogens with two attached hydrogens (primary N) is 1. The first-order valence-corrected chi connectivity index (χ1v) is 5.03. The molecule has 0 saturated carbocycles. The third-order valence-corrected chi connectivity index (χ3v) is 2.23. The number of ether oxygens (including phenoxy) is 1. The first-order valence-electron chi connectivity index (χ1n) is 5.03.